The number of urea groups is 1. The van der Waals surface area contributed by atoms with Crippen molar-refractivity contribution in [1.82, 2.24) is 15.3 Å². The van der Waals surface area contributed by atoms with Gasteiger partial charge >= 0.3 is 6.03 Å². The Hall–Kier alpha value is -2.87. The molecule has 1 aromatic rings. The molecule has 0 spiro atoms. The normalized spacial score (nSPS) is 15.6. The molecule has 0 unspecified atom stereocenters. The number of nitrogens with one attached hydrogen (secondary N) is 1. The van der Waals surface area contributed by atoms with Crippen LogP contribution in [0.15, 0.2) is 30.0 Å². The number of amides is 4. The van der Waals surface area contributed by atoms with Crippen molar-refractivity contribution >= 4 is 23.9 Å². The van der Waals surface area contributed by atoms with Gasteiger partial charge in [-0.1, -0.05) is 31.0 Å². The van der Waals surface area contributed by atoms with Crippen LogP contribution in [-0.2, 0) is 9.59 Å². The van der Waals surface area contributed by atoms with Gasteiger partial charge in [-0.15, -0.1) is 0 Å². The summed E-state index contributed by atoms with van der Waals surface area (Å²) in [6, 6.07) is 6.94. The summed E-state index contributed by atoms with van der Waals surface area (Å²) in [6.45, 7) is 0.331. The Kier molecular flexibility index (Phi) is 7.36. The van der Waals surface area contributed by atoms with E-state index in [-0.39, 0.29) is 18.4 Å². The number of likely N-dealkylation sites (N-methyl/N-ethyl adjacent to an activating group) is 1. The van der Waals surface area contributed by atoms with Crippen molar-refractivity contribution in [3.05, 3.63) is 35.5 Å². The molecule has 2 rings (SSSR count). The monoisotopic (exact) mass is 375 g/mol. The number of rotatable bonds is 9. The Labute approximate surface area is 158 Å². The number of carbonyl (C=O) groups excluding carboxylic acids is 3. The van der Waals surface area contributed by atoms with Gasteiger partial charge in [-0.25, -0.2) is 10.3 Å². The second-order valence-electron chi connectivity index (χ2n) is 6.27. The largest absolute Gasteiger partial charge is 0.496 e. The molecule has 1 saturated heterocycles. The Bertz CT molecular complexity index is 732. The Morgan fingerprint density at radius 3 is 2.59 bits per heavy atom. The van der Waals surface area contributed by atoms with E-state index in [1.165, 1.54) is 9.80 Å². The summed E-state index contributed by atoms with van der Waals surface area (Å²) < 4.78 is 5.29. The molecule has 0 radical (unpaired) electrons. The molecule has 8 heteroatoms. The van der Waals surface area contributed by atoms with Crippen molar-refractivity contribution in [1.29, 1.82) is 0 Å². The third-order valence-electron chi connectivity index (χ3n) is 4.43. The molecule has 0 bridgehead atoms. The topological polar surface area (TPSA) is 99.2 Å². The first-order valence-electron chi connectivity index (χ1n) is 8.86. The molecule has 1 fully saturated rings. The molecular formula is C19H25N3O5. The lowest BCUT2D eigenvalue weighted by Gasteiger charge is -2.12. The molecule has 0 aliphatic carbocycles. The number of para-hydroxylation sites is 1. The standard InChI is InChI=1S/C19H25N3O5/c1-21-15(13-14-9-6-7-10-16(14)27-2)18(24)22(19(21)25)12-8-4-3-5-11-17(23)20-26/h6-7,9-10,13,26H,3-5,8,11-12H2,1-2H3,(H,20,23)/b15-13-. The van der Waals surface area contributed by atoms with Gasteiger partial charge in [-0.05, 0) is 25.0 Å². The molecule has 1 aliphatic heterocycles. The highest BCUT2D eigenvalue weighted by atomic mass is 16.5. The summed E-state index contributed by atoms with van der Waals surface area (Å²) in [4.78, 5) is 38.6. The van der Waals surface area contributed by atoms with Gasteiger partial charge in [0.05, 0.1) is 7.11 Å². The van der Waals surface area contributed by atoms with Crippen molar-refractivity contribution in [2.45, 2.75) is 32.1 Å². The minimum absolute atomic E-state index is 0.257. The van der Waals surface area contributed by atoms with E-state index in [1.54, 1.807) is 31.8 Å². The van der Waals surface area contributed by atoms with Crippen LogP contribution in [0.2, 0.25) is 0 Å². The van der Waals surface area contributed by atoms with Gasteiger partial charge in [-0.3, -0.25) is 24.6 Å². The van der Waals surface area contributed by atoms with E-state index in [0.717, 1.165) is 18.4 Å². The first kappa shape index (κ1) is 20.4. The van der Waals surface area contributed by atoms with Crippen LogP contribution in [0.25, 0.3) is 6.08 Å². The predicted molar refractivity (Wildman–Crippen MR) is 98.9 cm³/mol. The molecule has 27 heavy (non-hydrogen) atoms. The molecule has 1 heterocycles. The summed E-state index contributed by atoms with van der Waals surface area (Å²) >= 11 is 0. The number of hydroxylamine groups is 1. The number of hydrogen-bond donors (Lipinski definition) is 2. The highest BCUT2D eigenvalue weighted by Crippen LogP contribution is 2.26. The maximum atomic E-state index is 12.7. The van der Waals surface area contributed by atoms with E-state index in [2.05, 4.69) is 0 Å². The number of imide groups is 1. The van der Waals surface area contributed by atoms with E-state index in [1.807, 2.05) is 18.2 Å². The van der Waals surface area contributed by atoms with Crippen molar-refractivity contribution in [3.63, 3.8) is 0 Å². The Balaban J connectivity index is 1.94. The molecule has 0 atom stereocenters. The quantitative estimate of drug-likeness (QED) is 0.227. The average molecular weight is 375 g/mol. The lowest BCUT2D eigenvalue weighted by Crippen LogP contribution is -2.32. The third-order valence-corrected chi connectivity index (χ3v) is 4.43. The third kappa shape index (κ3) is 5.07. The molecular weight excluding hydrogens is 350 g/mol. The molecule has 0 aromatic heterocycles. The zero-order valence-electron chi connectivity index (χ0n) is 15.6. The summed E-state index contributed by atoms with van der Waals surface area (Å²) in [5.74, 6) is -0.107. The fourth-order valence-corrected chi connectivity index (χ4v) is 2.91. The molecule has 2 N–H and O–H groups in total. The van der Waals surface area contributed by atoms with Crippen LogP contribution in [-0.4, -0.2) is 53.6 Å². The number of carbonyl (C=O) groups is 3. The van der Waals surface area contributed by atoms with Crippen LogP contribution in [0.4, 0.5) is 4.79 Å². The minimum atomic E-state index is -0.410. The first-order valence-corrected chi connectivity index (χ1v) is 8.86. The molecule has 8 nitrogen and oxygen atoms in total. The zero-order chi connectivity index (χ0) is 19.8. The number of nitrogens with zero attached hydrogens (tertiary/aromatic N) is 2. The van der Waals surface area contributed by atoms with Crippen LogP contribution in [0.5, 0.6) is 5.75 Å². The van der Waals surface area contributed by atoms with Gasteiger partial charge in [0.1, 0.15) is 11.4 Å². The van der Waals surface area contributed by atoms with Crippen LogP contribution >= 0.6 is 0 Å². The summed E-state index contributed by atoms with van der Waals surface area (Å²) in [7, 11) is 3.13. The molecule has 4 amide bonds. The molecule has 146 valence electrons. The first-order chi connectivity index (χ1) is 13.0. The molecule has 1 aliphatic rings. The van der Waals surface area contributed by atoms with Gasteiger partial charge in [0.15, 0.2) is 0 Å². The second-order valence-corrected chi connectivity index (χ2v) is 6.27. The summed E-state index contributed by atoms with van der Waals surface area (Å²) in [5.41, 5.74) is 2.63. The van der Waals surface area contributed by atoms with Gasteiger partial charge in [0.25, 0.3) is 5.91 Å². The average Bonchev–Trinajstić information content (AvgIpc) is 2.88. The van der Waals surface area contributed by atoms with Crippen molar-refractivity contribution < 1.29 is 24.3 Å². The van der Waals surface area contributed by atoms with E-state index in [4.69, 9.17) is 9.94 Å². The lowest BCUT2D eigenvalue weighted by molar-refractivity contribution is -0.129. The highest BCUT2D eigenvalue weighted by molar-refractivity contribution is 6.13. The van der Waals surface area contributed by atoms with Gasteiger partial charge in [-0.2, -0.15) is 0 Å². The fraction of sp³-hybridized carbons (Fsp3) is 0.421. The maximum absolute atomic E-state index is 12.7. The van der Waals surface area contributed by atoms with Crippen LogP contribution < -0.4 is 10.2 Å². The van der Waals surface area contributed by atoms with E-state index >= 15 is 0 Å². The molecule has 1 aromatic carbocycles. The minimum Gasteiger partial charge on any atom is -0.496 e. The van der Waals surface area contributed by atoms with Crippen LogP contribution in [0, 0.1) is 0 Å². The Morgan fingerprint density at radius 2 is 1.89 bits per heavy atom. The van der Waals surface area contributed by atoms with E-state index in [0.29, 0.717) is 30.8 Å². The molecule has 0 saturated carbocycles. The zero-order valence-corrected chi connectivity index (χ0v) is 15.6. The van der Waals surface area contributed by atoms with Crippen LogP contribution in [0.1, 0.15) is 37.7 Å². The highest BCUT2D eigenvalue weighted by Gasteiger charge is 2.38. The summed E-state index contributed by atoms with van der Waals surface area (Å²) in [6.07, 6.45) is 4.79. The summed E-state index contributed by atoms with van der Waals surface area (Å²) in [5, 5.41) is 8.43. The van der Waals surface area contributed by atoms with Crippen molar-refractivity contribution in [2.24, 2.45) is 0 Å². The number of hydrogen-bond acceptors (Lipinski definition) is 5. The van der Waals surface area contributed by atoms with Gasteiger partial charge in [0, 0.05) is 25.6 Å². The lowest BCUT2D eigenvalue weighted by atomic mass is 10.1. The number of ether oxygens (including phenoxy) is 1. The van der Waals surface area contributed by atoms with E-state index < -0.39 is 5.91 Å². The van der Waals surface area contributed by atoms with Crippen molar-refractivity contribution in [2.75, 3.05) is 20.7 Å². The van der Waals surface area contributed by atoms with Crippen molar-refractivity contribution in [3.8, 4) is 5.75 Å². The maximum Gasteiger partial charge on any atom is 0.331 e. The second kappa shape index (κ2) is 9.72. The predicted octanol–water partition coefficient (Wildman–Crippen LogP) is 2.39. The van der Waals surface area contributed by atoms with Gasteiger partial charge < -0.3 is 4.74 Å². The number of benzene rings is 1. The fourth-order valence-electron chi connectivity index (χ4n) is 2.91. The van der Waals surface area contributed by atoms with Crippen LogP contribution in [0.3, 0.4) is 0 Å². The van der Waals surface area contributed by atoms with E-state index in [9.17, 15) is 14.4 Å². The smallest absolute Gasteiger partial charge is 0.331 e. The Morgan fingerprint density at radius 1 is 1.19 bits per heavy atom. The SMILES string of the molecule is COc1ccccc1/C=C1/C(=O)N(CCCCCCC(=O)NO)C(=O)N1C. The number of unbranched alkanes of at least 4 members (excludes halogenated alkanes) is 3. The number of methoxy groups -OCH3 is 1. The van der Waals surface area contributed by atoms with Gasteiger partial charge in [0.2, 0.25) is 5.91 Å².